The average molecular weight is 326 g/mol. The number of rotatable bonds is 4. The van der Waals surface area contributed by atoms with Gasteiger partial charge in [0.25, 0.3) is 0 Å². The molecule has 0 aromatic rings. The third kappa shape index (κ3) is 4.84. The van der Waals surface area contributed by atoms with Crippen LogP contribution in [0.3, 0.4) is 0 Å². The quantitative estimate of drug-likeness (QED) is 0.791. The SMILES string of the molecule is CCOC(=O)[C@H]1C[C@H](NC(=O)C2CC2)CN1C(=O)OC(C)(C)C. The van der Waals surface area contributed by atoms with Gasteiger partial charge in [0.15, 0.2) is 0 Å². The second-order valence-electron chi connectivity index (χ2n) is 7.12. The van der Waals surface area contributed by atoms with E-state index in [1.807, 2.05) is 0 Å². The second-order valence-corrected chi connectivity index (χ2v) is 7.12. The number of carbonyl (C=O) groups is 3. The second kappa shape index (κ2) is 6.76. The van der Waals surface area contributed by atoms with Crippen molar-refractivity contribution >= 4 is 18.0 Å². The molecule has 1 N–H and O–H groups in total. The molecule has 0 aromatic carbocycles. The first-order valence-electron chi connectivity index (χ1n) is 8.18. The molecule has 2 rings (SSSR count). The highest BCUT2D eigenvalue weighted by Gasteiger charge is 2.43. The summed E-state index contributed by atoms with van der Waals surface area (Å²) in [6.07, 6.45) is 1.63. The van der Waals surface area contributed by atoms with Gasteiger partial charge in [0.1, 0.15) is 11.6 Å². The van der Waals surface area contributed by atoms with Gasteiger partial charge in [-0.15, -0.1) is 0 Å². The third-order valence-corrected chi connectivity index (χ3v) is 3.78. The van der Waals surface area contributed by atoms with E-state index in [1.54, 1.807) is 27.7 Å². The van der Waals surface area contributed by atoms with Crippen molar-refractivity contribution in [2.75, 3.05) is 13.2 Å². The Kier molecular flexibility index (Phi) is 5.16. The van der Waals surface area contributed by atoms with Gasteiger partial charge in [0.05, 0.1) is 6.61 Å². The van der Waals surface area contributed by atoms with Gasteiger partial charge in [-0.2, -0.15) is 0 Å². The van der Waals surface area contributed by atoms with Gasteiger partial charge in [-0.25, -0.2) is 9.59 Å². The maximum Gasteiger partial charge on any atom is 0.411 e. The van der Waals surface area contributed by atoms with Gasteiger partial charge in [-0.1, -0.05) is 0 Å². The molecule has 1 saturated heterocycles. The highest BCUT2D eigenvalue weighted by molar-refractivity contribution is 5.84. The predicted octanol–water partition coefficient (Wildman–Crippen LogP) is 1.45. The maximum atomic E-state index is 12.3. The summed E-state index contributed by atoms with van der Waals surface area (Å²) in [5.41, 5.74) is -0.647. The largest absolute Gasteiger partial charge is 0.464 e. The van der Waals surface area contributed by atoms with Crippen molar-refractivity contribution in [2.45, 2.75) is 64.6 Å². The molecule has 7 nitrogen and oxygen atoms in total. The lowest BCUT2D eigenvalue weighted by molar-refractivity contribution is -0.148. The van der Waals surface area contributed by atoms with Gasteiger partial charge < -0.3 is 14.8 Å². The van der Waals surface area contributed by atoms with Crippen molar-refractivity contribution in [3.8, 4) is 0 Å². The van der Waals surface area contributed by atoms with E-state index >= 15 is 0 Å². The number of carbonyl (C=O) groups excluding carboxylic acids is 3. The van der Waals surface area contributed by atoms with Crippen molar-refractivity contribution in [3.63, 3.8) is 0 Å². The summed E-state index contributed by atoms with van der Waals surface area (Å²) in [7, 11) is 0. The zero-order chi connectivity index (χ0) is 17.2. The summed E-state index contributed by atoms with van der Waals surface area (Å²) in [6.45, 7) is 7.54. The van der Waals surface area contributed by atoms with Crippen molar-refractivity contribution < 1.29 is 23.9 Å². The Morgan fingerprint density at radius 3 is 2.39 bits per heavy atom. The molecule has 0 spiro atoms. The van der Waals surface area contributed by atoms with E-state index in [0.29, 0.717) is 6.42 Å². The van der Waals surface area contributed by atoms with Crippen LogP contribution in [0.1, 0.15) is 47.0 Å². The van der Waals surface area contributed by atoms with E-state index in [2.05, 4.69) is 5.32 Å². The van der Waals surface area contributed by atoms with Gasteiger partial charge in [0, 0.05) is 24.9 Å². The van der Waals surface area contributed by atoms with Gasteiger partial charge in [-0.05, 0) is 40.5 Å². The number of esters is 1. The first-order valence-corrected chi connectivity index (χ1v) is 8.18. The molecule has 7 heteroatoms. The maximum absolute atomic E-state index is 12.3. The molecule has 23 heavy (non-hydrogen) atoms. The number of hydrogen-bond donors (Lipinski definition) is 1. The molecule has 0 bridgehead atoms. The molecule has 2 atom stereocenters. The average Bonchev–Trinajstić information content (AvgIpc) is 3.18. The Morgan fingerprint density at radius 1 is 1.22 bits per heavy atom. The summed E-state index contributed by atoms with van der Waals surface area (Å²) in [5.74, 6) is -0.364. The van der Waals surface area contributed by atoms with Crippen LogP contribution in [-0.2, 0) is 19.1 Å². The van der Waals surface area contributed by atoms with Gasteiger partial charge in [0.2, 0.25) is 5.91 Å². The van der Waals surface area contributed by atoms with E-state index < -0.39 is 23.7 Å². The molecule has 2 amide bonds. The molecule has 1 heterocycles. The van der Waals surface area contributed by atoms with Crippen molar-refractivity contribution in [1.82, 2.24) is 10.2 Å². The highest BCUT2D eigenvalue weighted by atomic mass is 16.6. The van der Waals surface area contributed by atoms with E-state index in [9.17, 15) is 14.4 Å². The third-order valence-electron chi connectivity index (χ3n) is 3.78. The number of nitrogens with one attached hydrogen (secondary N) is 1. The summed E-state index contributed by atoms with van der Waals surface area (Å²) >= 11 is 0. The van der Waals surface area contributed by atoms with Gasteiger partial charge >= 0.3 is 12.1 Å². The van der Waals surface area contributed by atoms with Crippen LogP contribution in [0.15, 0.2) is 0 Å². The topological polar surface area (TPSA) is 84.9 Å². The normalized spacial score (nSPS) is 24.3. The first kappa shape index (κ1) is 17.6. The van der Waals surface area contributed by atoms with Gasteiger partial charge in [-0.3, -0.25) is 9.69 Å². The molecule has 0 radical (unpaired) electrons. The Hall–Kier alpha value is -1.79. The van der Waals surface area contributed by atoms with E-state index in [0.717, 1.165) is 12.8 Å². The van der Waals surface area contributed by atoms with E-state index in [1.165, 1.54) is 4.90 Å². The van der Waals surface area contributed by atoms with Crippen LogP contribution < -0.4 is 5.32 Å². The Labute approximate surface area is 136 Å². The van der Waals surface area contributed by atoms with Crippen LogP contribution in [0.25, 0.3) is 0 Å². The number of nitrogens with zero attached hydrogens (tertiary/aromatic N) is 1. The van der Waals surface area contributed by atoms with Crippen LogP contribution in [0.5, 0.6) is 0 Å². The van der Waals surface area contributed by atoms with Crippen molar-refractivity contribution in [3.05, 3.63) is 0 Å². The number of likely N-dealkylation sites (tertiary alicyclic amines) is 1. The molecule has 130 valence electrons. The predicted molar refractivity (Wildman–Crippen MR) is 82.6 cm³/mol. The molecule has 2 aliphatic rings. The Balaban J connectivity index is 2.03. The molecular formula is C16H26N2O5. The summed E-state index contributed by atoms with van der Waals surface area (Å²) in [4.78, 5) is 37.7. The highest BCUT2D eigenvalue weighted by Crippen LogP contribution is 2.30. The lowest BCUT2D eigenvalue weighted by Gasteiger charge is -2.27. The fraction of sp³-hybridized carbons (Fsp3) is 0.812. The summed E-state index contributed by atoms with van der Waals surface area (Å²) in [6, 6.07) is -0.959. The summed E-state index contributed by atoms with van der Waals surface area (Å²) < 4.78 is 10.4. The zero-order valence-corrected chi connectivity index (χ0v) is 14.3. The smallest absolute Gasteiger partial charge is 0.411 e. The molecule has 0 unspecified atom stereocenters. The molecule has 0 aromatic heterocycles. The standard InChI is InChI=1S/C16H26N2O5/c1-5-22-14(20)12-8-11(17-13(19)10-6-7-10)9-18(12)15(21)23-16(2,3)4/h10-12H,5-9H2,1-4H3,(H,17,19)/t11-,12+/m0/s1. The Bertz CT molecular complexity index is 481. The monoisotopic (exact) mass is 326 g/mol. The van der Waals surface area contributed by atoms with Crippen molar-refractivity contribution in [1.29, 1.82) is 0 Å². The number of amides is 2. The minimum Gasteiger partial charge on any atom is -0.464 e. The Morgan fingerprint density at radius 2 is 1.87 bits per heavy atom. The van der Waals surface area contributed by atoms with Crippen molar-refractivity contribution in [2.24, 2.45) is 5.92 Å². The fourth-order valence-corrected chi connectivity index (χ4v) is 2.59. The molecule has 1 aliphatic carbocycles. The van der Waals surface area contributed by atoms with Crippen LogP contribution in [0, 0.1) is 5.92 Å². The molecule has 1 aliphatic heterocycles. The van der Waals surface area contributed by atoms with Crippen LogP contribution in [0.4, 0.5) is 4.79 Å². The molecule has 2 fully saturated rings. The van der Waals surface area contributed by atoms with Crippen LogP contribution in [-0.4, -0.2) is 53.7 Å². The number of ether oxygens (including phenoxy) is 2. The molecule has 1 saturated carbocycles. The minimum atomic E-state index is -0.714. The van der Waals surface area contributed by atoms with E-state index in [-0.39, 0.29) is 31.0 Å². The van der Waals surface area contributed by atoms with E-state index in [4.69, 9.17) is 9.47 Å². The zero-order valence-electron chi connectivity index (χ0n) is 14.3. The lowest BCUT2D eigenvalue weighted by atomic mass is 10.1. The first-order chi connectivity index (χ1) is 10.7. The lowest BCUT2D eigenvalue weighted by Crippen LogP contribution is -2.44. The van der Waals surface area contributed by atoms with Crippen LogP contribution >= 0.6 is 0 Å². The minimum absolute atomic E-state index is 0.00338. The van der Waals surface area contributed by atoms with Crippen LogP contribution in [0.2, 0.25) is 0 Å². The number of hydrogen-bond acceptors (Lipinski definition) is 5. The summed E-state index contributed by atoms with van der Waals surface area (Å²) in [5, 5.41) is 2.92. The molecular weight excluding hydrogens is 300 g/mol. The fourth-order valence-electron chi connectivity index (χ4n) is 2.59.